The Kier molecular flexibility index (Phi) is 5.57. The SMILES string of the molecule is COc1ccc(OC)c(NC(=O)COc2cccc(C=O)c2)c1. The lowest BCUT2D eigenvalue weighted by molar-refractivity contribution is -0.118. The maximum Gasteiger partial charge on any atom is 0.262 e. The van der Waals surface area contributed by atoms with Crippen LogP contribution in [0.1, 0.15) is 10.4 Å². The molecule has 2 rings (SSSR count). The van der Waals surface area contributed by atoms with Gasteiger partial charge in [-0.25, -0.2) is 0 Å². The highest BCUT2D eigenvalue weighted by Gasteiger charge is 2.10. The average Bonchev–Trinajstić information content (AvgIpc) is 2.60. The maximum absolute atomic E-state index is 12.0. The van der Waals surface area contributed by atoms with Crippen molar-refractivity contribution in [3.05, 3.63) is 48.0 Å². The Morgan fingerprint density at radius 1 is 1.09 bits per heavy atom. The number of ether oxygens (including phenoxy) is 3. The third-order valence-corrected chi connectivity index (χ3v) is 3.04. The molecule has 0 radical (unpaired) electrons. The fourth-order valence-electron chi connectivity index (χ4n) is 1.92. The molecular weight excluding hydrogens is 298 g/mol. The molecule has 0 aliphatic carbocycles. The van der Waals surface area contributed by atoms with Crippen LogP contribution in [0.25, 0.3) is 0 Å². The van der Waals surface area contributed by atoms with Crippen LogP contribution in [-0.2, 0) is 4.79 Å². The van der Waals surface area contributed by atoms with Gasteiger partial charge in [0.1, 0.15) is 23.5 Å². The average molecular weight is 315 g/mol. The Balaban J connectivity index is 2.00. The topological polar surface area (TPSA) is 73.9 Å². The molecule has 0 aliphatic rings. The van der Waals surface area contributed by atoms with Gasteiger partial charge in [-0.15, -0.1) is 0 Å². The molecule has 2 aromatic rings. The molecule has 0 aromatic heterocycles. The van der Waals surface area contributed by atoms with Crippen LogP contribution < -0.4 is 19.5 Å². The molecule has 120 valence electrons. The summed E-state index contributed by atoms with van der Waals surface area (Å²) in [4.78, 5) is 22.7. The highest BCUT2D eigenvalue weighted by Crippen LogP contribution is 2.28. The molecule has 1 N–H and O–H groups in total. The monoisotopic (exact) mass is 315 g/mol. The number of anilines is 1. The van der Waals surface area contributed by atoms with Gasteiger partial charge >= 0.3 is 0 Å². The number of hydrogen-bond acceptors (Lipinski definition) is 5. The van der Waals surface area contributed by atoms with Crippen molar-refractivity contribution in [2.75, 3.05) is 26.1 Å². The fraction of sp³-hybridized carbons (Fsp3) is 0.176. The number of rotatable bonds is 7. The van der Waals surface area contributed by atoms with Crippen molar-refractivity contribution < 1.29 is 23.8 Å². The summed E-state index contributed by atoms with van der Waals surface area (Å²) in [5.41, 5.74) is 0.972. The maximum atomic E-state index is 12.0. The molecule has 0 unspecified atom stereocenters. The summed E-state index contributed by atoms with van der Waals surface area (Å²) >= 11 is 0. The summed E-state index contributed by atoms with van der Waals surface area (Å²) in [6, 6.07) is 11.7. The minimum Gasteiger partial charge on any atom is -0.497 e. The second kappa shape index (κ2) is 7.84. The molecule has 0 saturated carbocycles. The molecular formula is C17H17NO5. The minimum absolute atomic E-state index is 0.192. The first-order valence-corrected chi connectivity index (χ1v) is 6.86. The second-order valence-electron chi connectivity index (χ2n) is 4.59. The zero-order valence-electron chi connectivity index (χ0n) is 12.9. The van der Waals surface area contributed by atoms with Crippen molar-refractivity contribution in [1.29, 1.82) is 0 Å². The normalized spacial score (nSPS) is 9.83. The number of benzene rings is 2. The number of amides is 1. The Hall–Kier alpha value is -3.02. The van der Waals surface area contributed by atoms with E-state index in [1.807, 2.05) is 0 Å². The number of methoxy groups -OCH3 is 2. The van der Waals surface area contributed by atoms with Crippen LogP contribution in [0.4, 0.5) is 5.69 Å². The predicted molar refractivity (Wildman–Crippen MR) is 85.5 cm³/mol. The number of nitrogens with one attached hydrogen (secondary N) is 1. The molecule has 0 bridgehead atoms. The summed E-state index contributed by atoms with van der Waals surface area (Å²) in [6.07, 6.45) is 0.716. The number of hydrogen-bond donors (Lipinski definition) is 1. The van der Waals surface area contributed by atoms with Crippen molar-refractivity contribution in [2.24, 2.45) is 0 Å². The molecule has 0 spiro atoms. The molecule has 23 heavy (non-hydrogen) atoms. The van der Waals surface area contributed by atoms with Crippen LogP contribution in [0.2, 0.25) is 0 Å². The van der Waals surface area contributed by atoms with E-state index < -0.39 is 0 Å². The van der Waals surface area contributed by atoms with E-state index >= 15 is 0 Å². The molecule has 0 atom stereocenters. The van der Waals surface area contributed by atoms with Gasteiger partial charge in [-0.3, -0.25) is 9.59 Å². The van der Waals surface area contributed by atoms with E-state index in [4.69, 9.17) is 14.2 Å². The first-order valence-electron chi connectivity index (χ1n) is 6.86. The molecule has 0 aliphatic heterocycles. The van der Waals surface area contributed by atoms with Crippen LogP contribution in [0.5, 0.6) is 17.2 Å². The lowest BCUT2D eigenvalue weighted by Gasteiger charge is -2.12. The van der Waals surface area contributed by atoms with Crippen LogP contribution in [0.3, 0.4) is 0 Å². The van der Waals surface area contributed by atoms with Crippen LogP contribution in [0.15, 0.2) is 42.5 Å². The molecule has 6 heteroatoms. The van der Waals surface area contributed by atoms with Gasteiger partial charge < -0.3 is 19.5 Å². The molecule has 0 heterocycles. The van der Waals surface area contributed by atoms with Gasteiger partial charge in [0.2, 0.25) is 0 Å². The summed E-state index contributed by atoms with van der Waals surface area (Å²) in [5, 5.41) is 2.70. The van der Waals surface area contributed by atoms with Crippen molar-refractivity contribution in [3.63, 3.8) is 0 Å². The first kappa shape index (κ1) is 16.4. The summed E-state index contributed by atoms with van der Waals surface area (Å²) in [5.74, 6) is 1.21. The van der Waals surface area contributed by atoms with Crippen LogP contribution >= 0.6 is 0 Å². The smallest absolute Gasteiger partial charge is 0.262 e. The standard InChI is InChI=1S/C17H17NO5/c1-21-13-6-7-16(22-2)15(9-13)18-17(20)11-23-14-5-3-4-12(8-14)10-19/h3-10H,11H2,1-2H3,(H,18,20). The van der Waals surface area contributed by atoms with E-state index in [2.05, 4.69) is 5.32 Å². The van der Waals surface area contributed by atoms with Crippen molar-refractivity contribution in [1.82, 2.24) is 0 Å². The minimum atomic E-state index is -0.354. The fourth-order valence-corrected chi connectivity index (χ4v) is 1.92. The first-order chi connectivity index (χ1) is 11.2. The summed E-state index contributed by atoms with van der Waals surface area (Å²) in [7, 11) is 3.05. The van der Waals surface area contributed by atoms with Crippen LogP contribution in [0, 0.1) is 0 Å². The number of carbonyl (C=O) groups excluding carboxylic acids is 2. The molecule has 0 fully saturated rings. The third kappa shape index (κ3) is 4.47. The zero-order valence-corrected chi connectivity index (χ0v) is 12.9. The second-order valence-corrected chi connectivity index (χ2v) is 4.59. The van der Waals surface area contributed by atoms with Gasteiger partial charge in [0.05, 0.1) is 19.9 Å². The van der Waals surface area contributed by atoms with Gasteiger partial charge in [0, 0.05) is 11.6 Å². The molecule has 6 nitrogen and oxygen atoms in total. The lowest BCUT2D eigenvalue weighted by Crippen LogP contribution is -2.20. The highest BCUT2D eigenvalue weighted by molar-refractivity contribution is 5.93. The van der Waals surface area contributed by atoms with Crippen molar-refractivity contribution >= 4 is 17.9 Å². The Morgan fingerprint density at radius 2 is 1.91 bits per heavy atom. The molecule has 0 saturated heterocycles. The quantitative estimate of drug-likeness (QED) is 0.795. The molecule has 1 amide bonds. The highest BCUT2D eigenvalue weighted by atomic mass is 16.5. The van der Waals surface area contributed by atoms with Crippen molar-refractivity contribution in [3.8, 4) is 17.2 Å². The number of carbonyl (C=O) groups is 2. The van der Waals surface area contributed by atoms with Gasteiger partial charge in [0.25, 0.3) is 5.91 Å². The number of aldehydes is 1. The zero-order chi connectivity index (χ0) is 16.7. The van der Waals surface area contributed by atoms with E-state index in [0.717, 1.165) is 0 Å². The van der Waals surface area contributed by atoms with Crippen LogP contribution in [-0.4, -0.2) is 33.0 Å². The van der Waals surface area contributed by atoms with E-state index in [0.29, 0.717) is 34.8 Å². The Labute approximate surface area is 134 Å². The summed E-state index contributed by atoms with van der Waals surface area (Å²) < 4.78 is 15.7. The summed E-state index contributed by atoms with van der Waals surface area (Å²) in [6.45, 7) is -0.192. The van der Waals surface area contributed by atoms with Gasteiger partial charge in [-0.2, -0.15) is 0 Å². The van der Waals surface area contributed by atoms with Gasteiger partial charge in [-0.05, 0) is 24.3 Å². The van der Waals surface area contributed by atoms with E-state index in [-0.39, 0.29) is 12.5 Å². The third-order valence-electron chi connectivity index (χ3n) is 3.04. The predicted octanol–water partition coefficient (Wildman–Crippen LogP) is 2.53. The van der Waals surface area contributed by atoms with E-state index in [1.165, 1.54) is 14.2 Å². The van der Waals surface area contributed by atoms with Gasteiger partial charge in [-0.1, -0.05) is 12.1 Å². The Morgan fingerprint density at radius 3 is 2.61 bits per heavy atom. The van der Waals surface area contributed by atoms with E-state index in [9.17, 15) is 9.59 Å². The molecule has 2 aromatic carbocycles. The van der Waals surface area contributed by atoms with E-state index in [1.54, 1.807) is 42.5 Å². The van der Waals surface area contributed by atoms with Gasteiger partial charge in [0.15, 0.2) is 6.61 Å². The Bertz CT molecular complexity index is 699. The largest absolute Gasteiger partial charge is 0.497 e. The van der Waals surface area contributed by atoms with Crippen molar-refractivity contribution in [2.45, 2.75) is 0 Å². The lowest BCUT2D eigenvalue weighted by atomic mass is 10.2.